The van der Waals surface area contributed by atoms with Gasteiger partial charge in [-0.2, -0.15) is 0 Å². The predicted molar refractivity (Wildman–Crippen MR) is 121 cm³/mol. The summed E-state index contributed by atoms with van der Waals surface area (Å²) in [6.45, 7) is 1.02. The highest BCUT2D eigenvalue weighted by atomic mass is 32.1. The lowest BCUT2D eigenvalue weighted by atomic mass is 10.1. The molecule has 5 rings (SSSR count). The van der Waals surface area contributed by atoms with Gasteiger partial charge in [-0.1, -0.05) is 78.9 Å². The normalized spacial score (nSPS) is 11.0. The smallest absolute Gasteiger partial charge is 0.163 e. The van der Waals surface area contributed by atoms with E-state index in [4.69, 9.17) is 9.47 Å². The highest BCUT2D eigenvalue weighted by molar-refractivity contribution is 7.25. The summed E-state index contributed by atoms with van der Waals surface area (Å²) < 4.78 is 14.9. The Morgan fingerprint density at radius 3 is 1.72 bits per heavy atom. The minimum atomic E-state index is 0.510. The standard InChI is InChI=1S/C26H20O2S/c1-3-9-19(10-4-1)17-27-23-15-22-21-13-7-8-14-25(21)29-26(22)16-24(23)28-18-20-11-5-2-6-12-20/h1-16H,17-18H2. The molecule has 0 atom stereocenters. The maximum atomic E-state index is 6.22. The second kappa shape index (κ2) is 7.98. The average Bonchev–Trinajstić information content (AvgIpc) is 3.14. The number of rotatable bonds is 6. The van der Waals surface area contributed by atoms with Gasteiger partial charge in [-0.15, -0.1) is 11.3 Å². The Bertz CT molecular complexity index is 1240. The first kappa shape index (κ1) is 17.8. The first-order valence-corrected chi connectivity index (χ1v) is 10.5. The zero-order valence-electron chi connectivity index (χ0n) is 15.9. The zero-order valence-corrected chi connectivity index (χ0v) is 16.7. The van der Waals surface area contributed by atoms with Gasteiger partial charge in [-0.05, 0) is 23.3 Å². The van der Waals surface area contributed by atoms with E-state index < -0.39 is 0 Å². The number of benzene rings is 4. The van der Waals surface area contributed by atoms with Crippen LogP contribution in [0.2, 0.25) is 0 Å². The highest BCUT2D eigenvalue weighted by Crippen LogP contribution is 2.41. The van der Waals surface area contributed by atoms with Crippen LogP contribution in [0.5, 0.6) is 11.5 Å². The van der Waals surface area contributed by atoms with Crippen LogP contribution in [0.4, 0.5) is 0 Å². The van der Waals surface area contributed by atoms with Crippen molar-refractivity contribution in [3.63, 3.8) is 0 Å². The molecule has 142 valence electrons. The summed E-state index contributed by atoms with van der Waals surface area (Å²) in [5.41, 5.74) is 2.27. The summed E-state index contributed by atoms with van der Waals surface area (Å²) in [7, 11) is 0. The fraction of sp³-hybridized carbons (Fsp3) is 0.0769. The van der Waals surface area contributed by atoms with Gasteiger partial charge in [-0.3, -0.25) is 0 Å². The monoisotopic (exact) mass is 396 g/mol. The van der Waals surface area contributed by atoms with Crippen LogP contribution in [0.1, 0.15) is 11.1 Å². The molecule has 1 heterocycles. The SMILES string of the molecule is c1ccc(COc2cc3sc4ccccc4c3cc2OCc2ccccc2)cc1. The van der Waals surface area contributed by atoms with Crippen molar-refractivity contribution in [3.05, 3.63) is 108 Å². The molecule has 3 heteroatoms. The summed E-state index contributed by atoms with van der Waals surface area (Å²) in [4.78, 5) is 0. The Labute approximate surface area is 174 Å². The van der Waals surface area contributed by atoms with Gasteiger partial charge in [0.2, 0.25) is 0 Å². The fourth-order valence-electron chi connectivity index (χ4n) is 3.43. The molecule has 1 aromatic heterocycles. The largest absolute Gasteiger partial charge is 0.485 e. The van der Waals surface area contributed by atoms with Crippen LogP contribution in [-0.2, 0) is 13.2 Å². The van der Waals surface area contributed by atoms with Crippen molar-refractivity contribution < 1.29 is 9.47 Å². The third kappa shape index (κ3) is 3.82. The molecule has 0 saturated heterocycles. The summed E-state index contributed by atoms with van der Waals surface area (Å²) in [6, 6.07) is 33.2. The first-order valence-electron chi connectivity index (χ1n) is 9.65. The molecule has 5 aromatic rings. The molecule has 0 amide bonds. The molecule has 0 aliphatic heterocycles. The van der Waals surface area contributed by atoms with E-state index >= 15 is 0 Å². The number of fused-ring (bicyclic) bond motifs is 3. The molecule has 0 bridgehead atoms. The van der Waals surface area contributed by atoms with Gasteiger partial charge < -0.3 is 9.47 Å². The lowest BCUT2D eigenvalue weighted by molar-refractivity contribution is 0.256. The third-order valence-corrected chi connectivity index (χ3v) is 6.05. The second-order valence-electron chi connectivity index (χ2n) is 6.94. The van der Waals surface area contributed by atoms with E-state index in [1.54, 1.807) is 11.3 Å². The molecular weight excluding hydrogens is 376 g/mol. The molecule has 29 heavy (non-hydrogen) atoms. The Morgan fingerprint density at radius 1 is 0.517 bits per heavy atom. The van der Waals surface area contributed by atoms with Crippen molar-refractivity contribution in [1.29, 1.82) is 0 Å². The number of hydrogen-bond acceptors (Lipinski definition) is 3. The quantitative estimate of drug-likeness (QED) is 0.302. The Balaban J connectivity index is 1.51. The van der Waals surface area contributed by atoms with E-state index in [2.05, 4.69) is 60.7 Å². The molecule has 0 spiro atoms. The average molecular weight is 397 g/mol. The summed E-state index contributed by atoms with van der Waals surface area (Å²) in [5.74, 6) is 1.56. The minimum Gasteiger partial charge on any atom is -0.485 e. The van der Waals surface area contributed by atoms with Gasteiger partial charge >= 0.3 is 0 Å². The molecule has 4 aromatic carbocycles. The number of thiophene rings is 1. The fourth-order valence-corrected chi connectivity index (χ4v) is 4.55. The molecule has 2 nitrogen and oxygen atoms in total. The van der Waals surface area contributed by atoms with Gasteiger partial charge in [-0.25, -0.2) is 0 Å². The zero-order chi connectivity index (χ0) is 19.5. The number of hydrogen-bond donors (Lipinski definition) is 0. The molecular formula is C26H20O2S. The van der Waals surface area contributed by atoms with Crippen molar-refractivity contribution in [1.82, 2.24) is 0 Å². The van der Waals surface area contributed by atoms with Gasteiger partial charge in [0.05, 0.1) is 0 Å². The second-order valence-corrected chi connectivity index (χ2v) is 8.03. The van der Waals surface area contributed by atoms with Gasteiger partial charge in [0.1, 0.15) is 13.2 Å². The van der Waals surface area contributed by atoms with Crippen LogP contribution in [0.25, 0.3) is 20.2 Å². The molecule has 0 N–H and O–H groups in total. The van der Waals surface area contributed by atoms with E-state index in [-0.39, 0.29) is 0 Å². The van der Waals surface area contributed by atoms with Gasteiger partial charge in [0.15, 0.2) is 11.5 Å². The molecule has 0 radical (unpaired) electrons. The topological polar surface area (TPSA) is 18.5 Å². The Kier molecular flexibility index (Phi) is 4.89. The Hall–Kier alpha value is -3.30. The molecule has 0 unspecified atom stereocenters. The van der Waals surface area contributed by atoms with Crippen molar-refractivity contribution in [2.45, 2.75) is 13.2 Å². The van der Waals surface area contributed by atoms with Crippen LogP contribution in [-0.4, -0.2) is 0 Å². The summed E-state index contributed by atoms with van der Waals surface area (Å²) in [6.07, 6.45) is 0. The van der Waals surface area contributed by atoms with Gasteiger partial charge in [0.25, 0.3) is 0 Å². The maximum absolute atomic E-state index is 6.22. The molecule has 0 saturated carbocycles. The van der Waals surface area contributed by atoms with E-state index in [0.717, 1.165) is 22.6 Å². The van der Waals surface area contributed by atoms with E-state index in [9.17, 15) is 0 Å². The Morgan fingerprint density at radius 2 is 1.07 bits per heavy atom. The van der Waals surface area contributed by atoms with Crippen LogP contribution < -0.4 is 9.47 Å². The lowest BCUT2D eigenvalue weighted by Gasteiger charge is -2.14. The molecule has 0 aliphatic carbocycles. The predicted octanol–water partition coefficient (Wildman–Crippen LogP) is 7.21. The van der Waals surface area contributed by atoms with Crippen LogP contribution in [0.3, 0.4) is 0 Å². The van der Waals surface area contributed by atoms with Crippen molar-refractivity contribution in [2.75, 3.05) is 0 Å². The van der Waals surface area contributed by atoms with Crippen LogP contribution in [0.15, 0.2) is 97.1 Å². The van der Waals surface area contributed by atoms with Crippen molar-refractivity contribution in [3.8, 4) is 11.5 Å². The van der Waals surface area contributed by atoms with E-state index in [1.165, 1.54) is 20.2 Å². The van der Waals surface area contributed by atoms with Gasteiger partial charge in [0, 0.05) is 26.2 Å². The lowest BCUT2D eigenvalue weighted by Crippen LogP contribution is -2.00. The van der Waals surface area contributed by atoms with Crippen molar-refractivity contribution in [2.24, 2.45) is 0 Å². The first-order chi connectivity index (χ1) is 14.4. The van der Waals surface area contributed by atoms with E-state index in [1.807, 2.05) is 36.4 Å². The summed E-state index contributed by atoms with van der Waals surface area (Å²) >= 11 is 1.79. The van der Waals surface area contributed by atoms with Crippen LogP contribution >= 0.6 is 11.3 Å². The van der Waals surface area contributed by atoms with Crippen LogP contribution in [0, 0.1) is 0 Å². The van der Waals surface area contributed by atoms with E-state index in [0.29, 0.717) is 13.2 Å². The number of ether oxygens (including phenoxy) is 2. The summed E-state index contributed by atoms with van der Waals surface area (Å²) in [5, 5.41) is 2.47. The minimum absolute atomic E-state index is 0.510. The third-order valence-electron chi connectivity index (χ3n) is 4.92. The van der Waals surface area contributed by atoms with Crippen molar-refractivity contribution >= 4 is 31.5 Å². The highest BCUT2D eigenvalue weighted by Gasteiger charge is 2.13. The molecule has 0 aliphatic rings. The molecule has 0 fully saturated rings. The maximum Gasteiger partial charge on any atom is 0.163 e.